The molecule has 0 aliphatic carbocycles. The maximum atomic E-state index is 2.55. The molecular formula is C10H21N. The van der Waals surface area contributed by atoms with Crippen molar-refractivity contribution >= 4 is 0 Å². The molecule has 0 spiro atoms. The minimum absolute atomic E-state index is 0.528. The van der Waals surface area contributed by atoms with E-state index in [1.807, 2.05) is 0 Å². The molecule has 1 heteroatoms. The highest BCUT2D eigenvalue weighted by Gasteiger charge is 2.39. The van der Waals surface area contributed by atoms with E-state index in [4.69, 9.17) is 0 Å². The van der Waals surface area contributed by atoms with Crippen molar-refractivity contribution in [2.45, 2.75) is 45.6 Å². The molecule has 1 aliphatic rings. The second-order valence-electron chi connectivity index (χ2n) is 4.14. The van der Waals surface area contributed by atoms with Crippen LogP contribution in [-0.4, -0.2) is 24.0 Å². The Morgan fingerprint density at radius 3 is 2.27 bits per heavy atom. The number of hydrogen-bond acceptors (Lipinski definition) is 1. The molecule has 0 aromatic carbocycles. The van der Waals surface area contributed by atoms with E-state index < -0.39 is 0 Å². The van der Waals surface area contributed by atoms with E-state index in [0.717, 1.165) is 5.92 Å². The Bertz CT molecular complexity index is 131. The Morgan fingerprint density at radius 2 is 2.09 bits per heavy atom. The van der Waals surface area contributed by atoms with Crippen molar-refractivity contribution in [2.24, 2.45) is 5.92 Å². The molecule has 1 rings (SSSR count). The molecule has 1 saturated heterocycles. The first-order valence-corrected chi connectivity index (χ1v) is 4.84. The molecule has 1 nitrogen and oxygen atoms in total. The molecule has 0 aromatic rings. The molecule has 0 radical (unpaired) electrons. The van der Waals surface area contributed by atoms with Crippen molar-refractivity contribution in [1.82, 2.24) is 4.90 Å². The number of hydrogen-bond donors (Lipinski definition) is 0. The second kappa shape index (κ2) is 3.14. The first-order chi connectivity index (χ1) is 5.13. The highest BCUT2D eigenvalue weighted by atomic mass is 15.2. The summed E-state index contributed by atoms with van der Waals surface area (Å²) in [6.45, 7) is 8.32. The predicted molar refractivity (Wildman–Crippen MR) is 49.7 cm³/mol. The van der Waals surface area contributed by atoms with Crippen LogP contribution in [-0.2, 0) is 0 Å². The summed E-state index contributed by atoms with van der Waals surface area (Å²) < 4.78 is 0. The van der Waals surface area contributed by atoms with E-state index in [1.54, 1.807) is 0 Å². The molecule has 1 atom stereocenters. The lowest BCUT2D eigenvalue weighted by atomic mass is 9.82. The molecule has 1 aliphatic heterocycles. The molecule has 66 valence electrons. The SMILES string of the molecule is CC[C@@]1(C(C)C)CCCN1C. The third-order valence-corrected chi connectivity index (χ3v) is 3.55. The minimum atomic E-state index is 0.528. The molecule has 0 aromatic heterocycles. The van der Waals surface area contributed by atoms with E-state index in [-0.39, 0.29) is 0 Å². The Hall–Kier alpha value is -0.0400. The largest absolute Gasteiger partial charge is 0.300 e. The third kappa shape index (κ3) is 1.31. The van der Waals surface area contributed by atoms with E-state index in [1.165, 1.54) is 25.8 Å². The molecule has 11 heavy (non-hydrogen) atoms. The van der Waals surface area contributed by atoms with Crippen molar-refractivity contribution in [3.05, 3.63) is 0 Å². The molecule has 1 heterocycles. The lowest BCUT2D eigenvalue weighted by Gasteiger charge is -2.39. The van der Waals surface area contributed by atoms with Crippen molar-refractivity contribution in [3.8, 4) is 0 Å². The van der Waals surface area contributed by atoms with Gasteiger partial charge in [-0.2, -0.15) is 0 Å². The number of rotatable bonds is 2. The van der Waals surface area contributed by atoms with E-state index in [2.05, 4.69) is 32.7 Å². The van der Waals surface area contributed by atoms with Gasteiger partial charge < -0.3 is 4.90 Å². The highest BCUT2D eigenvalue weighted by Crippen LogP contribution is 2.37. The van der Waals surface area contributed by atoms with Gasteiger partial charge in [-0.25, -0.2) is 0 Å². The fourth-order valence-corrected chi connectivity index (χ4v) is 2.62. The summed E-state index contributed by atoms with van der Waals surface area (Å²) in [6, 6.07) is 0. The zero-order chi connectivity index (χ0) is 8.48. The summed E-state index contributed by atoms with van der Waals surface area (Å²) in [6.07, 6.45) is 4.10. The maximum Gasteiger partial charge on any atom is 0.0227 e. The van der Waals surface area contributed by atoms with Crippen molar-refractivity contribution in [1.29, 1.82) is 0 Å². The average molecular weight is 155 g/mol. The molecule has 0 N–H and O–H groups in total. The summed E-state index contributed by atoms with van der Waals surface area (Å²) in [5.41, 5.74) is 0.528. The van der Waals surface area contributed by atoms with Gasteiger partial charge in [0.1, 0.15) is 0 Å². The standard InChI is InChI=1S/C10H21N/c1-5-10(9(2)3)7-6-8-11(10)4/h9H,5-8H2,1-4H3/t10-/m0/s1. The van der Waals surface area contributed by atoms with E-state index in [0.29, 0.717) is 5.54 Å². The topological polar surface area (TPSA) is 3.24 Å². The van der Waals surface area contributed by atoms with Gasteiger partial charge in [-0.15, -0.1) is 0 Å². The fraction of sp³-hybridized carbons (Fsp3) is 1.00. The summed E-state index contributed by atoms with van der Waals surface area (Å²) in [4.78, 5) is 2.55. The number of likely N-dealkylation sites (tertiary alicyclic amines) is 1. The molecule has 0 bridgehead atoms. The van der Waals surface area contributed by atoms with Crippen molar-refractivity contribution < 1.29 is 0 Å². The van der Waals surface area contributed by atoms with Gasteiger partial charge in [0.15, 0.2) is 0 Å². The molecule has 0 saturated carbocycles. The summed E-state index contributed by atoms with van der Waals surface area (Å²) >= 11 is 0. The van der Waals surface area contributed by atoms with Gasteiger partial charge in [0, 0.05) is 5.54 Å². The van der Waals surface area contributed by atoms with Crippen LogP contribution in [0.25, 0.3) is 0 Å². The predicted octanol–water partition coefficient (Wildman–Crippen LogP) is 2.52. The molecule has 1 fully saturated rings. The Kier molecular flexibility index (Phi) is 2.58. The van der Waals surface area contributed by atoms with Gasteiger partial charge in [0.25, 0.3) is 0 Å². The van der Waals surface area contributed by atoms with E-state index >= 15 is 0 Å². The van der Waals surface area contributed by atoms with Crippen LogP contribution in [0.1, 0.15) is 40.0 Å². The van der Waals surface area contributed by atoms with Gasteiger partial charge in [-0.3, -0.25) is 0 Å². The second-order valence-corrected chi connectivity index (χ2v) is 4.14. The van der Waals surface area contributed by atoms with Crippen LogP contribution < -0.4 is 0 Å². The highest BCUT2D eigenvalue weighted by molar-refractivity contribution is 4.95. The molecule has 0 unspecified atom stereocenters. The lowest BCUT2D eigenvalue weighted by Crippen LogP contribution is -2.45. The van der Waals surface area contributed by atoms with Gasteiger partial charge >= 0.3 is 0 Å². The zero-order valence-corrected chi connectivity index (χ0v) is 8.35. The number of nitrogens with zero attached hydrogens (tertiary/aromatic N) is 1. The van der Waals surface area contributed by atoms with Crippen molar-refractivity contribution in [2.75, 3.05) is 13.6 Å². The van der Waals surface area contributed by atoms with Crippen LogP contribution in [0.2, 0.25) is 0 Å². The minimum Gasteiger partial charge on any atom is -0.300 e. The molecular weight excluding hydrogens is 134 g/mol. The fourth-order valence-electron chi connectivity index (χ4n) is 2.62. The Morgan fingerprint density at radius 1 is 1.45 bits per heavy atom. The van der Waals surface area contributed by atoms with Crippen LogP contribution in [0.4, 0.5) is 0 Å². The quantitative estimate of drug-likeness (QED) is 0.592. The maximum absolute atomic E-state index is 2.55. The Balaban J connectivity index is 2.73. The summed E-state index contributed by atoms with van der Waals surface area (Å²) in [5.74, 6) is 0.806. The van der Waals surface area contributed by atoms with Crippen LogP contribution in [0, 0.1) is 5.92 Å². The summed E-state index contributed by atoms with van der Waals surface area (Å²) in [5, 5.41) is 0. The van der Waals surface area contributed by atoms with Gasteiger partial charge in [-0.1, -0.05) is 20.8 Å². The van der Waals surface area contributed by atoms with E-state index in [9.17, 15) is 0 Å². The van der Waals surface area contributed by atoms with Crippen LogP contribution in [0.15, 0.2) is 0 Å². The van der Waals surface area contributed by atoms with Crippen LogP contribution in [0.5, 0.6) is 0 Å². The van der Waals surface area contributed by atoms with Gasteiger partial charge in [0.2, 0.25) is 0 Å². The molecule has 0 amide bonds. The Labute approximate surface area is 70.8 Å². The first-order valence-electron chi connectivity index (χ1n) is 4.84. The van der Waals surface area contributed by atoms with Crippen LogP contribution in [0.3, 0.4) is 0 Å². The zero-order valence-electron chi connectivity index (χ0n) is 8.35. The average Bonchev–Trinajstić information content (AvgIpc) is 2.32. The summed E-state index contributed by atoms with van der Waals surface area (Å²) in [7, 11) is 2.27. The van der Waals surface area contributed by atoms with Crippen LogP contribution >= 0.6 is 0 Å². The normalized spacial score (nSPS) is 33.5. The first kappa shape index (κ1) is 9.05. The smallest absolute Gasteiger partial charge is 0.0227 e. The van der Waals surface area contributed by atoms with Gasteiger partial charge in [-0.05, 0) is 38.8 Å². The lowest BCUT2D eigenvalue weighted by molar-refractivity contribution is 0.110. The third-order valence-electron chi connectivity index (χ3n) is 3.55. The monoisotopic (exact) mass is 155 g/mol. The van der Waals surface area contributed by atoms with Crippen molar-refractivity contribution in [3.63, 3.8) is 0 Å². The van der Waals surface area contributed by atoms with Gasteiger partial charge in [0.05, 0.1) is 0 Å².